The van der Waals surface area contributed by atoms with Gasteiger partial charge in [0.1, 0.15) is 24.1 Å². The molecule has 206 valence electrons. The number of para-hydroxylation sites is 1. The lowest BCUT2D eigenvalue weighted by Crippen LogP contribution is -2.48. The third-order valence-corrected chi connectivity index (χ3v) is 6.73. The van der Waals surface area contributed by atoms with Gasteiger partial charge in [0.05, 0.1) is 37.0 Å². The number of carbonyl (C=O) groups excluding carboxylic acids is 3. The molecule has 3 aromatic rings. The van der Waals surface area contributed by atoms with Crippen molar-refractivity contribution in [3.05, 3.63) is 71.0 Å². The second-order valence-electron chi connectivity index (χ2n) is 9.45. The Bertz CT molecular complexity index is 1320. The Kier molecular flexibility index (Phi) is 9.19. The minimum absolute atomic E-state index is 0.117. The number of aryl methyl sites for hydroxylation is 1. The SMILES string of the molecule is COc1ccc2c(c1)OCCNC(=O)[C@@H](NC(=O)Cc1c(C)nn(-c3ccccc3)c1C)CCCCNC2=O. The normalized spacial score (nSPS) is 16.6. The van der Waals surface area contributed by atoms with Crippen LogP contribution in [0.4, 0.5) is 0 Å². The zero-order valence-electron chi connectivity index (χ0n) is 22.6. The smallest absolute Gasteiger partial charge is 0.255 e. The van der Waals surface area contributed by atoms with Crippen LogP contribution in [-0.4, -0.2) is 60.4 Å². The summed E-state index contributed by atoms with van der Waals surface area (Å²) in [7, 11) is 1.54. The molecule has 0 fully saturated rings. The summed E-state index contributed by atoms with van der Waals surface area (Å²) in [4.78, 5) is 38.8. The Morgan fingerprint density at radius 1 is 1.10 bits per heavy atom. The Labute approximate surface area is 228 Å². The van der Waals surface area contributed by atoms with Crippen molar-refractivity contribution in [1.29, 1.82) is 0 Å². The van der Waals surface area contributed by atoms with Crippen LogP contribution in [0.25, 0.3) is 5.69 Å². The number of hydrogen-bond donors (Lipinski definition) is 3. The first-order chi connectivity index (χ1) is 18.9. The van der Waals surface area contributed by atoms with E-state index in [1.165, 1.54) is 7.11 Å². The Hall–Kier alpha value is -4.34. The van der Waals surface area contributed by atoms with Gasteiger partial charge >= 0.3 is 0 Å². The van der Waals surface area contributed by atoms with Gasteiger partial charge in [-0.3, -0.25) is 14.4 Å². The molecule has 3 N–H and O–H groups in total. The summed E-state index contributed by atoms with van der Waals surface area (Å²) in [5.74, 6) is 0.187. The van der Waals surface area contributed by atoms with Gasteiger partial charge in [-0.1, -0.05) is 18.2 Å². The van der Waals surface area contributed by atoms with E-state index >= 15 is 0 Å². The molecule has 1 atom stereocenters. The predicted molar refractivity (Wildman–Crippen MR) is 146 cm³/mol. The highest BCUT2D eigenvalue weighted by Gasteiger charge is 2.23. The van der Waals surface area contributed by atoms with Crippen molar-refractivity contribution in [2.75, 3.05) is 26.8 Å². The van der Waals surface area contributed by atoms with Crippen LogP contribution in [0.3, 0.4) is 0 Å². The van der Waals surface area contributed by atoms with Crippen molar-refractivity contribution in [1.82, 2.24) is 25.7 Å². The molecular formula is C29H35N5O5. The second-order valence-corrected chi connectivity index (χ2v) is 9.45. The zero-order chi connectivity index (χ0) is 27.8. The van der Waals surface area contributed by atoms with Gasteiger partial charge in [0.2, 0.25) is 11.8 Å². The average molecular weight is 534 g/mol. The highest BCUT2D eigenvalue weighted by Crippen LogP contribution is 2.25. The molecule has 0 spiro atoms. The van der Waals surface area contributed by atoms with E-state index < -0.39 is 6.04 Å². The maximum atomic E-state index is 13.1. The van der Waals surface area contributed by atoms with E-state index in [2.05, 4.69) is 21.0 Å². The van der Waals surface area contributed by atoms with Crippen LogP contribution >= 0.6 is 0 Å². The summed E-state index contributed by atoms with van der Waals surface area (Å²) in [6.07, 6.45) is 1.86. The topological polar surface area (TPSA) is 124 Å². The van der Waals surface area contributed by atoms with Crippen LogP contribution in [-0.2, 0) is 16.0 Å². The molecule has 10 heteroatoms. The minimum Gasteiger partial charge on any atom is -0.497 e. The quantitative estimate of drug-likeness (QED) is 0.463. The van der Waals surface area contributed by atoms with Crippen molar-refractivity contribution >= 4 is 17.7 Å². The fourth-order valence-corrected chi connectivity index (χ4v) is 4.59. The lowest BCUT2D eigenvalue weighted by atomic mass is 10.1. The first-order valence-electron chi connectivity index (χ1n) is 13.1. The Morgan fingerprint density at radius 2 is 1.90 bits per heavy atom. The molecule has 0 radical (unpaired) electrons. The standard InChI is InChI=1S/C29H35N5O5/c1-19-24(20(2)34(33-19)21-9-5-4-6-10-21)18-27(35)32-25-11-7-8-14-30-28(36)23-13-12-22(38-3)17-26(23)39-16-15-31-29(25)37/h4-6,9-10,12-13,17,25H,7-8,11,14-16,18H2,1-3H3,(H,30,36)(H,31,37)(H,32,35)/t25-/m0/s1. The predicted octanol–water partition coefficient (Wildman–Crippen LogP) is 2.63. The molecule has 2 aromatic carbocycles. The highest BCUT2D eigenvalue weighted by atomic mass is 16.5. The molecule has 0 bridgehead atoms. The molecule has 0 unspecified atom stereocenters. The molecule has 0 saturated carbocycles. The number of nitrogens with zero attached hydrogens (tertiary/aromatic N) is 2. The lowest BCUT2D eigenvalue weighted by Gasteiger charge is -2.20. The van der Waals surface area contributed by atoms with Gasteiger partial charge in [-0.25, -0.2) is 4.68 Å². The fourth-order valence-electron chi connectivity index (χ4n) is 4.59. The number of rotatable bonds is 5. The second kappa shape index (κ2) is 12.9. The summed E-state index contributed by atoms with van der Waals surface area (Å²) in [5, 5.41) is 13.3. The van der Waals surface area contributed by atoms with Crippen molar-refractivity contribution < 1.29 is 23.9 Å². The van der Waals surface area contributed by atoms with E-state index in [4.69, 9.17) is 9.47 Å². The van der Waals surface area contributed by atoms with Gasteiger partial charge in [0, 0.05) is 23.9 Å². The van der Waals surface area contributed by atoms with E-state index in [-0.39, 0.29) is 37.3 Å². The van der Waals surface area contributed by atoms with E-state index in [1.807, 2.05) is 48.9 Å². The van der Waals surface area contributed by atoms with Crippen molar-refractivity contribution in [2.45, 2.75) is 45.6 Å². The molecule has 4 rings (SSSR count). The number of benzene rings is 2. The van der Waals surface area contributed by atoms with E-state index in [0.29, 0.717) is 42.9 Å². The van der Waals surface area contributed by atoms with Gasteiger partial charge in [-0.2, -0.15) is 5.10 Å². The summed E-state index contributed by atoms with van der Waals surface area (Å²) in [6.45, 7) is 4.61. The number of fused-ring (bicyclic) bond motifs is 1. The van der Waals surface area contributed by atoms with Crippen LogP contribution in [0.2, 0.25) is 0 Å². The van der Waals surface area contributed by atoms with E-state index in [1.54, 1.807) is 18.2 Å². The molecular weight excluding hydrogens is 498 g/mol. The molecule has 3 amide bonds. The molecule has 10 nitrogen and oxygen atoms in total. The fraction of sp³-hybridized carbons (Fsp3) is 0.379. The lowest BCUT2D eigenvalue weighted by molar-refractivity contribution is -0.129. The molecule has 2 heterocycles. The van der Waals surface area contributed by atoms with Gasteiger partial charge in [-0.05, 0) is 57.4 Å². The van der Waals surface area contributed by atoms with Crippen LogP contribution in [0, 0.1) is 13.8 Å². The molecule has 0 saturated heterocycles. The zero-order valence-corrected chi connectivity index (χ0v) is 22.6. The number of aromatic nitrogens is 2. The van der Waals surface area contributed by atoms with Crippen molar-refractivity contribution in [2.24, 2.45) is 0 Å². The van der Waals surface area contributed by atoms with Gasteiger partial charge < -0.3 is 25.4 Å². The minimum atomic E-state index is -0.701. The first kappa shape index (κ1) is 27.7. The number of methoxy groups -OCH3 is 1. The van der Waals surface area contributed by atoms with Gasteiger partial charge in [0.25, 0.3) is 5.91 Å². The van der Waals surface area contributed by atoms with Crippen molar-refractivity contribution in [3.63, 3.8) is 0 Å². The van der Waals surface area contributed by atoms with E-state index in [9.17, 15) is 14.4 Å². The number of amides is 3. The van der Waals surface area contributed by atoms with Crippen LogP contribution in [0.15, 0.2) is 48.5 Å². The maximum Gasteiger partial charge on any atom is 0.255 e. The first-order valence-corrected chi connectivity index (χ1v) is 13.1. The summed E-state index contributed by atoms with van der Waals surface area (Å²) >= 11 is 0. The van der Waals surface area contributed by atoms with Crippen LogP contribution in [0.5, 0.6) is 11.5 Å². The van der Waals surface area contributed by atoms with Crippen molar-refractivity contribution in [3.8, 4) is 17.2 Å². The summed E-state index contributed by atoms with van der Waals surface area (Å²) < 4.78 is 12.9. The molecule has 0 aliphatic carbocycles. The summed E-state index contributed by atoms with van der Waals surface area (Å²) in [5.41, 5.74) is 3.82. The average Bonchev–Trinajstić information content (AvgIpc) is 3.22. The number of hydrogen-bond acceptors (Lipinski definition) is 6. The Morgan fingerprint density at radius 3 is 2.67 bits per heavy atom. The Balaban J connectivity index is 1.41. The van der Waals surface area contributed by atoms with Gasteiger partial charge in [-0.15, -0.1) is 0 Å². The maximum absolute atomic E-state index is 13.1. The number of nitrogens with one attached hydrogen (secondary N) is 3. The molecule has 39 heavy (non-hydrogen) atoms. The third-order valence-electron chi connectivity index (χ3n) is 6.73. The summed E-state index contributed by atoms with van der Waals surface area (Å²) in [6, 6.07) is 14.1. The molecule has 1 aromatic heterocycles. The monoisotopic (exact) mass is 533 g/mol. The van der Waals surface area contributed by atoms with E-state index in [0.717, 1.165) is 22.6 Å². The largest absolute Gasteiger partial charge is 0.497 e. The van der Waals surface area contributed by atoms with Crippen LogP contribution < -0.4 is 25.4 Å². The highest BCUT2D eigenvalue weighted by molar-refractivity contribution is 5.97. The number of ether oxygens (including phenoxy) is 2. The molecule has 1 aliphatic heterocycles. The number of carbonyl (C=O) groups is 3. The third kappa shape index (κ3) is 6.95. The van der Waals surface area contributed by atoms with Gasteiger partial charge in [0.15, 0.2) is 0 Å². The molecule has 1 aliphatic rings. The van der Waals surface area contributed by atoms with Crippen LogP contribution in [0.1, 0.15) is 46.6 Å².